The van der Waals surface area contributed by atoms with Crippen LogP contribution < -0.4 is 16.6 Å². The van der Waals surface area contributed by atoms with E-state index >= 15 is 0 Å². The van der Waals surface area contributed by atoms with E-state index in [-0.39, 0.29) is 5.56 Å². The summed E-state index contributed by atoms with van der Waals surface area (Å²) in [5, 5.41) is 3.19. The lowest BCUT2D eigenvalue weighted by molar-refractivity contribution is 0.719. The van der Waals surface area contributed by atoms with E-state index in [4.69, 9.17) is 0 Å². The lowest BCUT2D eigenvalue weighted by Crippen LogP contribution is -2.28. The number of rotatable bonds is 5. The zero-order valence-electron chi connectivity index (χ0n) is 10.7. The Labute approximate surface area is 110 Å². The van der Waals surface area contributed by atoms with Gasteiger partial charge in [-0.25, -0.2) is 9.78 Å². The largest absolute Gasteiger partial charge is 0.370 e. The molecule has 0 aliphatic rings. The summed E-state index contributed by atoms with van der Waals surface area (Å²) in [7, 11) is 0. The van der Waals surface area contributed by atoms with Gasteiger partial charge in [0.05, 0.1) is 6.54 Å². The van der Waals surface area contributed by atoms with Crippen molar-refractivity contribution in [3.05, 3.63) is 57.0 Å². The lowest BCUT2D eigenvalue weighted by Gasteiger charge is -2.07. The average molecular weight is 260 g/mol. The second kappa shape index (κ2) is 5.99. The highest BCUT2D eigenvalue weighted by Gasteiger charge is 2.00. The van der Waals surface area contributed by atoms with Gasteiger partial charge in [-0.3, -0.25) is 14.3 Å². The van der Waals surface area contributed by atoms with Crippen molar-refractivity contribution in [1.29, 1.82) is 0 Å². The molecule has 0 aliphatic heterocycles. The number of nitrogens with zero attached hydrogens (tertiary/aromatic N) is 2. The van der Waals surface area contributed by atoms with Gasteiger partial charge in [0.2, 0.25) is 0 Å². The molecule has 6 heteroatoms. The molecule has 0 atom stereocenters. The minimum atomic E-state index is -0.410. The first-order chi connectivity index (χ1) is 9.19. The Morgan fingerprint density at radius 3 is 2.95 bits per heavy atom. The summed E-state index contributed by atoms with van der Waals surface area (Å²) in [6.07, 6.45) is 4.20. The van der Waals surface area contributed by atoms with Gasteiger partial charge in [-0.1, -0.05) is 6.92 Å². The summed E-state index contributed by atoms with van der Waals surface area (Å²) in [5.74, 6) is 0.789. The highest BCUT2D eigenvalue weighted by molar-refractivity contribution is 5.37. The van der Waals surface area contributed by atoms with Crippen molar-refractivity contribution in [2.75, 3.05) is 11.9 Å². The summed E-state index contributed by atoms with van der Waals surface area (Å²) in [5.41, 5.74) is 0.149. The molecule has 2 aromatic heterocycles. The first kappa shape index (κ1) is 13.1. The molecule has 0 saturated heterocycles. The van der Waals surface area contributed by atoms with Crippen molar-refractivity contribution < 1.29 is 0 Å². The van der Waals surface area contributed by atoms with Gasteiger partial charge in [0, 0.05) is 25.0 Å². The fourth-order valence-electron chi connectivity index (χ4n) is 1.69. The molecule has 0 aliphatic carbocycles. The van der Waals surface area contributed by atoms with E-state index in [0.717, 1.165) is 24.3 Å². The molecular weight excluding hydrogens is 244 g/mol. The van der Waals surface area contributed by atoms with E-state index in [9.17, 15) is 9.59 Å². The normalized spacial score (nSPS) is 10.4. The maximum absolute atomic E-state index is 11.6. The number of hydrogen-bond donors (Lipinski definition) is 2. The van der Waals surface area contributed by atoms with Gasteiger partial charge in [0.1, 0.15) is 5.82 Å². The predicted octanol–water partition coefficient (Wildman–Crippen LogP) is 0.802. The van der Waals surface area contributed by atoms with Crippen LogP contribution in [0.2, 0.25) is 0 Å². The zero-order valence-corrected chi connectivity index (χ0v) is 10.7. The van der Waals surface area contributed by atoms with E-state index < -0.39 is 5.69 Å². The third-order valence-electron chi connectivity index (χ3n) is 2.63. The Hall–Kier alpha value is -2.37. The Kier molecular flexibility index (Phi) is 4.12. The molecule has 0 spiro atoms. The third-order valence-corrected chi connectivity index (χ3v) is 2.63. The quantitative estimate of drug-likeness (QED) is 0.833. The molecule has 0 amide bonds. The Morgan fingerprint density at radius 1 is 1.37 bits per heavy atom. The maximum Gasteiger partial charge on any atom is 0.328 e. The molecule has 0 aromatic carbocycles. The summed E-state index contributed by atoms with van der Waals surface area (Å²) < 4.78 is 1.44. The van der Waals surface area contributed by atoms with Crippen LogP contribution in [0.1, 0.15) is 18.9 Å². The number of anilines is 1. The minimum absolute atomic E-state index is 0.388. The molecule has 0 saturated carbocycles. The van der Waals surface area contributed by atoms with Gasteiger partial charge in [0.25, 0.3) is 5.56 Å². The number of H-pyrrole nitrogens is 1. The van der Waals surface area contributed by atoms with E-state index in [0.29, 0.717) is 6.54 Å². The van der Waals surface area contributed by atoms with Gasteiger partial charge in [-0.15, -0.1) is 0 Å². The lowest BCUT2D eigenvalue weighted by atomic mass is 10.2. The van der Waals surface area contributed by atoms with Crippen LogP contribution in [0, 0.1) is 0 Å². The summed E-state index contributed by atoms with van der Waals surface area (Å²) in [6.45, 7) is 3.34. The second-order valence-corrected chi connectivity index (χ2v) is 4.21. The summed E-state index contributed by atoms with van der Waals surface area (Å²) in [6, 6.07) is 5.07. The molecule has 0 radical (unpaired) electrons. The number of aromatic amines is 1. The van der Waals surface area contributed by atoms with Crippen LogP contribution in [0.3, 0.4) is 0 Å². The van der Waals surface area contributed by atoms with Crippen LogP contribution in [0.25, 0.3) is 0 Å². The van der Waals surface area contributed by atoms with Crippen LogP contribution >= 0.6 is 0 Å². The van der Waals surface area contributed by atoms with E-state index in [1.54, 1.807) is 6.20 Å². The topological polar surface area (TPSA) is 79.8 Å². The smallest absolute Gasteiger partial charge is 0.328 e. The summed E-state index contributed by atoms with van der Waals surface area (Å²) >= 11 is 0. The van der Waals surface area contributed by atoms with Crippen molar-refractivity contribution in [3.63, 3.8) is 0 Å². The molecule has 0 unspecified atom stereocenters. The number of nitrogens with one attached hydrogen (secondary N) is 2. The molecule has 6 nitrogen and oxygen atoms in total. The third kappa shape index (κ3) is 3.54. The van der Waals surface area contributed by atoms with Crippen LogP contribution in [0.4, 0.5) is 5.82 Å². The molecule has 0 bridgehead atoms. The zero-order chi connectivity index (χ0) is 13.7. The minimum Gasteiger partial charge on any atom is -0.370 e. The van der Waals surface area contributed by atoms with Gasteiger partial charge >= 0.3 is 5.69 Å². The van der Waals surface area contributed by atoms with E-state index in [1.807, 2.05) is 12.1 Å². The molecule has 0 fully saturated rings. The fourth-order valence-corrected chi connectivity index (χ4v) is 1.69. The van der Waals surface area contributed by atoms with Crippen LogP contribution in [-0.2, 0) is 6.54 Å². The SMILES string of the molecule is CCCNc1cc(Cn2ccc(=O)[nH]c2=O)ccn1. The molecule has 19 heavy (non-hydrogen) atoms. The van der Waals surface area contributed by atoms with Gasteiger partial charge < -0.3 is 5.32 Å². The van der Waals surface area contributed by atoms with Crippen LogP contribution in [-0.4, -0.2) is 21.1 Å². The monoisotopic (exact) mass is 260 g/mol. The standard InChI is InChI=1S/C13H16N4O2/c1-2-5-14-11-8-10(3-6-15-11)9-17-7-4-12(18)16-13(17)19/h3-4,6-8H,2,5,9H2,1H3,(H,14,15)(H,16,18,19). The van der Waals surface area contributed by atoms with Crippen LogP contribution in [0.15, 0.2) is 40.2 Å². The van der Waals surface area contributed by atoms with E-state index in [1.165, 1.54) is 16.8 Å². The van der Waals surface area contributed by atoms with Gasteiger partial charge in [-0.05, 0) is 24.1 Å². The maximum atomic E-state index is 11.6. The van der Waals surface area contributed by atoms with Crippen molar-refractivity contribution in [2.24, 2.45) is 0 Å². The summed E-state index contributed by atoms with van der Waals surface area (Å²) in [4.78, 5) is 29.0. The molecular formula is C13H16N4O2. The second-order valence-electron chi connectivity index (χ2n) is 4.21. The van der Waals surface area contributed by atoms with Gasteiger partial charge in [0.15, 0.2) is 0 Å². The van der Waals surface area contributed by atoms with Gasteiger partial charge in [-0.2, -0.15) is 0 Å². The van der Waals surface area contributed by atoms with Crippen molar-refractivity contribution in [1.82, 2.24) is 14.5 Å². The number of pyridine rings is 1. The van der Waals surface area contributed by atoms with Crippen molar-refractivity contribution >= 4 is 5.82 Å². The first-order valence-corrected chi connectivity index (χ1v) is 6.17. The molecule has 2 aromatic rings. The molecule has 2 heterocycles. The van der Waals surface area contributed by atoms with Crippen molar-refractivity contribution in [2.45, 2.75) is 19.9 Å². The number of hydrogen-bond acceptors (Lipinski definition) is 4. The fraction of sp³-hybridized carbons (Fsp3) is 0.308. The Bertz CT molecular complexity index is 660. The van der Waals surface area contributed by atoms with Crippen molar-refractivity contribution in [3.8, 4) is 0 Å². The Morgan fingerprint density at radius 2 is 2.21 bits per heavy atom. The first-order valence-electron chi connectivity index (χ1n) is 6.17. The molecule has 2 rings (SSSR count). The highest BCUT2D eigenvalue weighted by atomic mass is 16.2. The predicted molar refractivity (Wildman–Crippen MR) is 73.4 cm³/mol. The molecule has 100 valence electrons. The van der Waals surface area contributed by atoms with E-state index in [2.05, 4.69) is 22.2 Å². The highest BCUT2D eigenvalue weighted by Crippen LogP contribution is 2.07. The molecule has 2 N–H and O–H groups in total. The number of aromatic nitrogens is 3. The van der Waals surface area contributed by atoms with Crippen LogP contribution in [0.5, 0.6) is 0 Å². The average Bonchev–Trinajstić information content (AvgIpc) is 2.40. The Balaban J connectivity index is 2.18.